The number of halogens is 1. The van der Waals surface area contributed by atoms with Crippen LogP contribution in [-0.2, 0) is 0 Å². The number of anilines is 2. The van der Waals surface area contributed by atoms with E-state index in [4.69, 9.17) is 14.2 Å². The van der Waals surface area contributed by atoms with Crippen LogP contribution in [0.1, 0.15) is 41.7 Å². The zero-order chi connectivity index (χ0) is 24.1. The minimum Gasteiger partial charge on any atom is -0.491 e. The largest absolute Gasteiger partial charge is 0.491 e. The number of aryl methyl sites for hydroxylation is 1. The molecule has 1 aromatic carbocycles. The number of amides is 1. The van der Waals surface area contributed by atoms with Gasteiger partial charge in [-0.25, -0.2) is 4.98 Å². The standard InChI is InChI=1S/C25H28FN5O4/c1-14-11-31-12-18(22(33-2)20(26)24(31)27-14)29-25(32)17-5-6-19(23-21(17)34-13-35-23)30-9-7-16(8-10-30)28-15-3-4-15/h5-6,11-12,15-16,28H,3-4,7-10,13H2,1-2H3,(H,29,32). The minimum atomic E-state index is -0.641. The summed E-state index contributed by atoms with van der Waals surface area (Å²) in [7, 11) is 1.35. The van der Waals surface area contributed by atoms with Crippen LogP contribution in [0.25, 0.3) is 5.65 Å². The number of benzene rings is 1. The molecule has 2 aromatic heterocycles. The van der Waals surface area contributed by atoms with E-state index in [0.29, 0.717) is 34.8 Å². The topological polar surface area (TPSA) is 89.4 Å². The maximum absolute atomic E-state index is 15.0. The van der Waals surface area contributed by atoms with Crippen LogP contribution >= 0.6 is 0 Å². The van der Waals surface area contributed by atoms with Crippen molar-refractivity contribution in [3.05, 3.63) is 41.6 Å². The molecule has 35 heavy (non-hydrogen) atoms. The Kier molecular flexibility index (Phi) is 5.40. The second-order valence-electron chi connectivity index (χ2n) is 9.36. The molecule has 1 amide bonds. The fraction of sp³-hybridized carbons (Fsp3) is 0.440. The molecule has 0 bridgehead atoms. The molecule has 2 fully saturated rings. The fourth-order valence-electron chi connectivity index (χ4n) is 4.95. The number of rotatable bonds is 6. The summed E-state index contributed by atoms with van der Waals surface area (Å²) in [6.07, 6.45) is 7.97. The third-order valence-electron chi connectivity index (χ3n) is 6.84. The zero-order valence-corrected chi connectivity index (χ0v) is 19.8. The number of carbonyl (C=O) groups excluding carboxylic acids is 1. The smallest absolute Gasteiger partial charge is 0.259 e. The lowest BCUT2D eigenvalue weighted by atomic mass is 10.0. The van der Waals surface area contributed by atoms with Gasteiger partial charge in [-0.15, -0.1) is 0 Å². The van der Waals surface area contributed by atoms with Crippen molar-refractivity contribution in [2.45, 2.75) is 44.7 Å². The third kappa shape index (κ3) is 4.01. The lowest BCUT2D eigenvalue weighted by Crippen LogP contribution is -2.43. The first-order valence-corrected chi connectivity index (χ1v) is 12.0. The second-order valence-corrected chi connectivity index (χ2v) is 9.36. The molecule has 1 saturated carbocycles. The van der Waals surface area contributed by atoms with E-state index >= 15 is 0 Å². The maximum Gasteiger partial charge on any atom is 0.259 e. The highest BCUT2D eigenvalue weighted by Gasteiger charge is 2.32. The first-order valence-electron chi connectivity index (χ1n) is 12.0. The SMILES string of the molecule is COc1c(NC(=O)c2ccc(N3CCC(NC4CC4)CC3)c3c2OCO3)cn2cc(C)nc2c1F. The molecule has 0 atom stereocenters. The van der Waals surface area contributed by atoms with Gasteiger partial charge in [0.25, 0.3) is 5.91 Å². The van der Waals surface area contributed by atoms with Crippen LogP contribution in [0, 0.1) is 12.7 Å². The predicted octanol–water partition coefficient (Wildman–Crippen LogP) is 3.49. The molecule has 6 rings (SSSR count). The van der Waals surface area contributed by atoms with Crippen molar-refractivity contribution in [3.63, 3.8) is 0 Å². The molecule has 2 aliphatic heterocycles. The third-order valence-corrected chi connectivity index (χ3v) is 6.84. The number of fused-ring (bicyclic) bond motifs is 2. The van der Waals surface area contributed by atoms with Gasteiger partial charge in [0.15, 0.2) is 22.9 Å². The Balaban J connectivity index is 1.25. The number of imidazole rings is 1. The molecule has 1 aliphatic carbocycles. The van der Waals surface area contributed by atoms with Gasteiger partial charge in [0, 0.05) is 37.6 Å². The summed E-state index contributed by atoms with van der Waals surface area (Å²) in [5, 5.41) is 6.48. The summed E-state index contributed by atoms with van der Waals surface area (Å²) >= 11 is 0. The summed E-state index contributed by atoms with van der Waals surface area (Å²) in [6, 6.07) is 4.89. The first-order chi connectivity index (χ1) is 17.0. The Morgan fingerprint density at radius 3 is 2.60 bits per heavy atom. The number of methoxy groups -OCH3 is 1. The molecule has 2 N–H and O–H groups in total. The molecule has 3 aliphatic rings. The van der Waals surface area contributed by atoms with E-state index in [-0.39, 0.29) is 23.9 Å². The number of hydrogen-bond donors (Lipinski definition) is 2. The molecular weight excluding hydrogens is 453 g/mol. The van der Waals surface area contributed by atoms with Crippen LogP contribution in [0.4, 0.5) is 15.8 Å². The number of carbonyl (C=O) groups is 1. The Morgan fingerprint density at radius 1 is 1.11 bits per heavy atom. The highest BCUT2D eigenvalue weighted by Crippen LogP contribution is 2.45. The van der Waals surface area contributed by atoms with Crippen LogP contribution < -0.4 is 29.7 Å². The van der Waals surface area contributed by atoms with E-state index in [1.807, 2.05) is 6.07 Å². The number of piperidine rings is 1. The Hall–Kier alpha value is -3.53. The summed E-state index contributed by atoms with van der Waals surface area (Å²) in [6.45, 7) is 3.63. The van der Waals surface area contributed by atoms with Crippen molar-refractivity contribution in [1.29, 1.82) is 0 Å². The van der Waals surface area contributed by atoms with Gasteiger partial charge >= 0.3 is 0 Å². The van der Waals surface area contributed by atoms with E-state index in [1.54, 1.807) is 25.4 Å². The molecule has 0 spiro atoms. The normalized spacial score (nSPS) is 17.7. The summed E-state index contributed by atoms with van der Waals surface area (Å²) in [5.74, 6) is -0.190. The van der Waals surface area contributed by atoms with Crippen molar-refractivity contribution in [1.82, 2.24) is 14.7 Å². The Bertz CT molecular complexity index is 1300. The van der Waals surface area contributed by atoms with Gasteiger partial charge in [-0.2, -0.15) is 4.39 Å². The van der Waals surface area contributed by atoms with Gasteiger partial charge in [-0.05, 0) is 44.7 Å². The van der Waals surface area contributed by atoms with Crippen LogP contribution in [0.5, 0.6) is 17.2 Å². The van der Waals surface area contributed by atoms with Crippen LogP contribution in [-0.4, -0.2) is 54.4 Å². The van der Waals surface area contributed by atoms with Crippen LogP contribution in [0.2, 0.25) is 0 Å². The molecule has 4 heterocycles. The molecule has 0 unspecified atom stereocenters. The number of nitrogens with zero attached hydrogens (tertiary/aromatic N) is 3. The summed E-state index contributed by atoms with van der Waals surface area (Å²) < 4.78 is 33.2. The van der Waals surface area contributed by atoms with Gasteiger partial charge in [-0.3, -0.25) is 4.79 Å². The average Bonchev–Trinajstić information content (AvgIpc) is 3.37. The van der Waals surface area contributed by atoms with E-state index < -0.39 is 11.7 Å². The number of nitrogens with one attached hydrogen (secondary N) is 2. The fourth-order valence-corrected chi connectivity index (χ4v) is 4.95. The second kappa shape index (κ2) is 8.60. The minimum absolute atomic E-state index is 0.0462. The van der Waals surface area contributed by atoms with Crippen LogP contribution in [0.3, 0.4) is 0 Å². The number of ether oxygens (including phenoxy) is 3. The van der Waals surface area contributed by atoms with Crippen molar-refractivity contribution in [2.24, 2.45) is 0 Å². The summed E-state index contributed by atoms with van der Waals surface area (Å²) in [5.41, 5.74) is 2.23. The number of pyridine rings is 1. The molecule has 9 nitrogen and oxygen atoms in total. The van der Waals surface area contributed by atoms with E-state index in [1.165, 1.54) is 24.4 Å². The average molecular weight is 482 g/mol. The van der Waals surface area contributed by atoms with Gasteiger partial charge in [0.05, 0.1) is 24.1 Å². The van der Waals surface area contributed by atoms with Crippen molar-refractivity contribution in [3.8, 4) is 17.2 Å². The first kappa shape index (κ1) is 22.0. The lowest BCUT2D eigenvalue weighted by Gasteiger charge is -2.34. The molecule has 1 saturated heterocycles. The lowest BCUT2D eigenvalue weighted by molar-refractivity contribution is 0.102. The van der Waals surface area contributed by atoms with Crippen molar-refractivity contribution in [2.75, 3.05) is 37.2 Å². The molecular formula is C25H28FN5O4. The molecule has 0 radical (unpaired) electrons. The van der Waals surface area contributed by atoms with Gasteiger partial charge in [0.2, 0.25) is 12.6 Å². The van der Waals surface area contributed by atoms with Gasteiger partial charge in [0.1, 0.15) is 5.69 Å². The quantitative estimate of drug-likeness (QED) is 0.557. The van der Waals surface area contributed by atoms with E-state index in [2.05, 4.69) is 20.5 Å². The zero-order valence-electron chi connectivity index (χ0n) is 19.8. The predicted molar refractivity (Wildman–Crippen MR) is 128 cm³/mol. The summed E-state index contributed by atoms with van der Waals surface area (Å²) in [4.78, 5) is 19.7. The monoisotopic (exact) mass is 481 g/mol. The van der Waals surface area contributed by atoms with E-state index in [9.17, 15) is 9.18 Å². The van der Waals surface area contributed by atoms with Gasteiger partial charge < -0.3 is 34.1 Å². The van der Waals surface area contributed by atoms with Gasteiger partial charge in [-0.1, -0.05) is 0 Å². The molecule has 10 heteroatoms. The maximum atomic E-state index is 15.0. The molecule has 3 aromatic rings. The number of hydrogen-bond acceptors (Lipinski definition) is 7. The van der Waals surface area contributed by atoms with Crippen molar-refractivity contribution >= 4 is 22.9 Å². The highest BCUT2D eigenvalue weighted by atomic mass is 19.1. The molecule has 184 valence electrons. The Morgan fingerprint density at radius 2 is 1.86 bits per heavy atom. The highest BCUT2D eigenvalue weighted by molar-refractivity contribution is 6.08. The van der Waals surface area contributed by atoms with Crippen molar-refractivity contribution < 1.29 is 23.4 Å². The van der Waals surface area contributed by atoms with Crippen LogP contribution in [0.15, 0.2) is 24.5 Å². The number of aromatic nitrogens is 2. The Labute approximate surface area is 202 Å². The van der Waals surface area contributed by atoms with E-state index in [0.717, 1.165) is 31.6 Å².